The third-order valence-electron chi connectivity index (χ3n) is 4.24. The third-order valence-corrected chi connectivity index (χ3v) is 4.24. The monoisotopic (exact) mass is 317 g/mol. The zero-order valence-corrected chi connectivity index (χ0v) is 13.2. The molecule has 1 fully saturated rings. The lowest BCUT2D eigenvalue weighted by atomic mass is 10.0. The number of hydrogen-bond donors (Lipinski definition) is 1. The van der Waals surface area contributed by atoms with E-state index < -0.39 is 6.10 Å². The van der Waals surface area contributed by atoms with Gasteiger partial charge in [-0.25, -0.2) is 4.39 Å². The summed E-state index contributed by atoms with van der Waals surface area (Å²) in [6.07, 6.45) is -0.0939. The van der Waals surface area contributed by atoms with E-state index in [0.717, 1.165) is 17.0 Å². The first-order chi connectivity index (χ1) is 10.9. The second kappa shape index (κ2) is 6.12. The predicted molar refractivity (Wildman–Crippen MR) is 83.2 cm³/mol. The van der Waals surface area contributed by atoms with Crippen molar-refractivity contribution >= 4 is 5.91 Å². The molecular formula is C17H20FN3O2. The maximum atomic E-state index is 13.1. The van der Waals surface area contributed by atoms with Gasteiger partial charge in [0, 0.05) is 12.2 Å². The summed E-state index contributed by atoms with van der Waals surface area (Å²) in [5.74, 6) is -0.408. The fourth-order valence-electron chi connectivity index (χ4n) is 3.14. The van der Waals surface area contributed by atoms with Crippen LogP contribution in [0.1, 0.15) is 29.4 Å². The molecule has 5 nitrogen and oxygen atoms in total. The lowest BCUT2D eigenvalue weighted by Crippen LogP contribution is -2.35. The highest BCUT2D eigenvalue weighted by atomic mass is 19.1. The van der Waals surface area contributed by atoms with Crippen molar-refractivity contribution in [2.75, 3.05) is 6.54 Å². The number of β-amino-alcohol motifs (C(OH)–C–C–N with tert-alkyl or cyclic N) is 1. The standard InChI is InChI=1S/C17H20FN3O2/c1-11-7-12(2)21(19-11)10-17(23)20-9-15(22)8-16(20)13-3-5-14(18)6-4-13/h3-7,15-16,22H,8-10H2,1-2H3/t15-,16+/m1/s1. The topological polar surface area (TPSA) is 58.4 Å². The van der Waals surface area contributed by atoms with E-state index in [9.17, 15) is 14.3 Å². The van der Waals surface area contributed by atoms with Gasteiger partial charge in [0.05, 0.1) is 17.8 Å². The molecule has 2 atom stereocenters. The van der Waals surface area contributed by atoms with Crippen LogP contribution in [-0.2, 0) is 11.3 Å². The summed E-state index contributed by atoms with van der Waals surface area (Å²) >= 11 is 0. The molecule has 1 amide bonds. The van der Waals surface area contributed by atoms with Crippen LogP contribution >= 0.6 is 0 Å². The summed E-state index contributed by atoms with van der Waals surface area (Å²) in [6.45, 7) is 4.22. The van der Waals surface area contributed by atoms with Gasteiger partial charge in [-0.2, -0.15) is 5.10 Å². The summed E-state index contributed by atoms with van der Waals surface area (Å²) in [4.78, 5) is 14.3. The molecule has 1 N–H and O–H groups in total. The summed E-state index contributed by atoms with van der Waals surface area (Å²) in [5, 5.41) is 14.3. The van der Waals surface area contributed by atoms with Gasteiger partial charge in [-0.3, -0.25) is 9.48 Å². The van der Waals surface area contributed by atoms with Gasteiger partial charge < -0.3 is 10.0 Å². The molecule has 1 aliphatic heterocycles. The Labute approximate surface area is 134 Å². The first-order valence-electron chi connectivity index (χ1n) is 7.68. The third kappa shape index (κ3) is 3.27. The van der Waals surface area contributed by atoms with Crippen molar-refractivity contribution in [2.24, 2.45) is 0 Å². The number of aromatic nitrogens is 2. The van der Waals surface area contributed by atoms with E-state index in [2.05, 4.69) is 5.10 Å². The highest BCUT2D eigenvalue weighted by Crippen LogP contribution is 2.32. The quantitative estimate of drug-likeness (QED) is 0.941. The molecule has 1 saturated heterocycles. The van der Waals surface area contributed by atoms with Gasteiger partial charge in [-0.05, 0) is 44.0 Å². The van der Waals surface area contributed by atoms with Gasteiger partial charge >= 0.3 is 0 Å². The van der Waals surface area contributed by atoms with Gasteiger partial charge in [0.2, 0.25) is 5.91 Å². The molecule has 0 spiro atoms. The van der Waals surface area contributed by atoms with Crippen LogP contribution in [0.4, 0.5) is 4.39 Å². The number of likely N-dealkylation sites (tertiary alicyclic amines) is 1. The molecule has 0 radical (unpaired) electrons. The molecular weight excluding hydrogens is 297 g/mol. The number of aliphatic hydroxyl groups excluding tert-OH is 1. The number of benzene rings is 1. The Morgan fingerprint density at radius 1 is 1.35 bits per heavy atom. The Kier molecular flexibility index (Phi) is 4.17. The number of aryl methyl sites for hydroxylation is 2. The maximum absolute atomic E-state index is 13.1. The zero-order valence-electron chi connectivity index (χ0n) is 13.2. The lowest BCUT2D eigenvalue weighted by Gasteiger charge is -2.25. The van der Waals surface area contributed by atoms with Crippen LogP contribution in [0.2, 0.25) is 0 Å². The average molecular weight is 317 g/mol. The van der Waals surface area contributed by atoms with Crippen molar-refractivity contribution in [2.45, 2.75) is 39.0 Å². The minimum Gasteiger partial charge on any atom is -0.391 e. The van der Waals surface area contributed by atoms with Crippen LogP contribution in [0.15, 0.2) is 30.3 Å². The van der Waals surface area contributed by atoms with Crippen LogP contribution in [0.5, 0.6) is 0 Å². The maximum Gasteiger partial charge on any atom is 0.244 e. The van der Waals surface area contributed by atoms with Gasteiger partial charge in [0.1, 0.15) is 12.4 Å². The number of nitrogens with zero attached hydrogens (tertiary/aromatic N) is 3. The molecule has 1 aromatic heterocycles. The molecule has 2 heterocycles. The normalized spacial score (nSPS) is 21.0. The molecule has 1 aromatic carbocycles. The number of amides is 1. The summed E-state index contributed by atoms with van der Waals surface area (Å²) in [5.41, 5.74) is 2.63. The Morgan fingerprint density at radius 3 is 2.65 bits per heavy atom. The second-order valence-corrected chi connectivity index (χ2v) is 6.09. The van der Waals surface area contributed by atoms with Crippen molar-refractivity contribution < 1.29 is 14.3 Å². The van der Waals surface area contributed by atoms with Crippen LogP contribution in [0.25, 0.3) is 0 Å². The van der Waals surface area contributed by atoms with Crippen molar-refractivity contribution in [3.8, 4) is 0 Å². The average Bonchev–Trinajstić information content (AvgIpc) is 3.02. The van der Waals surface area contributed by atoms with Crippen LogP contribution in [0.3, 0.4) is 0 Å². The van der Waals surface area contributed by atoms with E-state index in [4.69, 9.17) is 0 Å². The fourth-order valence-corrected chi connectivity index (χ4v) is 3.14. The summed E-state index contributed by atoms with van der Waals surface area (Å²) in [7, 11) is 0. The number of carbonyl (C=O) groups excluding carboxylic acids is 1. The molecule has 0 unspecified atom stereocenters. The first-order valence-corrected chi connectivity index (χ1v) is 7.68. The van der Waals surface area contributed by atoms with E-state index in [-0.39, 0.29) is 24.3 Å². The molecule has 3 rings (SSSR count). The van der Waals surface area contributed by atoms with Gasteiger partial charge in [-0.15, -0.1) is 0 Å². The second-order valence-electron chi connectivity index (χ2n) is 6.09. The first kappa shape index (κ1) is 15.7. The van der Waals surface area contributed by atoms with E-state index in [0.29, 0.717) is 13.0 Å². The van der Waals surface area contributed by atoms with Gasteiger partial charge in [0.25, 0.3) is 0 Å². The number of aliphatic hydroxyl groups is 1. The number of rotatable bonds is 3. The minimum atomic E-state index is -0.561. The van der Waals surface area contributed by atoms with Crippen molar-refractivity contribution in [1.29, 1.82) is 0 Å². The fraction of sp³-hybridized carbons (Fsp3) is 0.412. The lowest BCUT2D eigenvalue weighted by molar-refractivity contribution is -0.133. The van der Waals surface area contributed by atoms with Crippen LogP contribution in [-0.4, -0.2) is 38.3 Å². The van der Waals surface area contributed by atoms with Crippen LogP contribution in [0, 0.1) is 19.7 Å². The van der Waals surface area contributed by atoms with Crippen molar-refractivity contribution in [1.82, 2.24) is 14.7 Å². The minimum absolute atomic E-state index is 0.0953. The SMILES string of the molecule is Cc1cc(C)n(CC(=O)N2C[C@H](O)C[C@H]2c2ccc(F)cc2)n1. The molecule has 0 aliphatic carbocycles. The van der Waals surface area contributed by atoms with E-state index >= 15 is 0 Å². The molecule has 2 aromatic rings. The molecule has 0 saturated carbocycles. The van der Waals surface area contributed by atoms with E-state index in [1.807, 2.05) is 19.9 Å². The Hall–Kier alpha value is -2.21. The Balaban J connectivity index is 1.80. The number of halogens is 1. The van der Waals surface area contributed by atoms with Gasteiger partial charge in [-0.1, -0.05) is 12.1 Å². The molecule has 23 heavy (non-hydrogen) atoms. The Morgan fingerprint density at radius 2 is 2.04 bits per heavy atom. The van der Waals surface area contributed by atoms with E-state index in [1.165, 1.54) is 12.1 Å². The predicted octanol–water partition coefficient (Wildman–Crippen LogP) is 1.97. The van der Waals surface area contributed by atoms with E-state index in [1.54, 1.807) is 21.7 Å². The zero-order chi connectivity index (χ0) is 16.6. The number of carbonyl (C=O) groups is 1. The largest absolute Gasteiger partial charge is 0.391 e. The van der Waals surface area contributed by atoms with Crippen molar-refractivity contribution in [3.05, 3.63) is 53.1 Å². The van der Waals surface area contributed by atoms with Gasteiger partial charge in [0.15, 0.2) is 0 Å². The molecule has 1 aliphatic rings. The van der Waals surface area contributed by atoms with Crippen molar-refractivity contribution in [3.63, 3.8) is 0 Å². The smallest absolute Gasteiger partial charge is 0.244 e. The van der Waals surface area contributed by atoms with Crippen LogP contribution < -0.4 is 0 Å². The molecule has 122 valence electrons. The highest BCUT2D eigenvalue weighted by Gasteiger charge is 2.35. The molecule has 6 heteroatoms. The molecule has 0 bridgehead atoms. The summed E-state index contributed by atoms with van der Waals surface area (Å²) in [6, 6.07) is 7.79. The Bertz CT molecular complexity index is 711. The highest BCUT2D eigenvalue weighted by molar-refractivity contribution is 5.77. The number of hydrogen-bond acceptors (Lipinski definition) is 3. The summed E-state index contributed by atoms with van der Waals surface area (Å²) < 4.78 is 14.8.